The van der Waals surface area contributed by atoms with Gasteiger partial charge in [-0.25, -0.2) is 0 Å². The molecule has 2 aliphatic carbocycles. The molecule has 2 atom stereocenters. The van der Waals surface area contributed by atoms with E-state index in [9.17, 15) is 0 Å². The van der Waals surface area contributed by atoms with E-state index >= 15 is 0 Å². The molecular weight excluding hydrogens is 304 g/mol. The molecule has 24 heavy (non-hydrogen) atoms. The van der Waals surface area contributed by atoms with Gasteiger partial charge in [0, 0.05) is 37.2 Å². The number of nitrogens with zero attached hydrogens (tertiary/aromatic N) is 2. The van der Waals surface area contributed by atoms with Gasteiger partial charge < -0.3 is 19.9 Å². The topological polar surface area (TPSA) is 71.7 Å². The number of aryl methyl sites for hydroxylation is 2. The molecule has 0 aromatic carbocycles. The highest BCUT2D eigenvalue weighted by Gasteiger charge is 2.59. The summed E-state index contributed by atoms with van der Waals surface area (Å²) in [6.07, 6.45) is 6.25. The van der Waals surface area contributed by atoms with Crippen LogP contribution in [0.2, 0.25) is 0 Å². The van der Waals surface area contributed by atoms with Gasteiger partial charge in [-0.1, -0.05) is 11.6 Å². The van der Waals surface area contributed by atoms with Gasteiger partial charge in [-0.3, -0.25) is 4.99 Å². The number of rotatable bonds is 6. The van der Waals surface area contributed by atoms with Crippen LogP contribution in [0.3, 0.4) is 0 Å². The Hall–Kier alpha value is -1.56. The summed E-state index contributed by atoms with van der Waals surface area (Å²) in [7, 11) is 1.83. The maximum atomic E-state index is 5.92. The Balaban J connectivity index is 1.49. The number of aromatic nitrogens is 1. The number of aliphatic imine (C=N–C) groups is 1. The number of guanidine groups is 1. The minimum atomic E-state index is 0.343. The van der Waals surface area contributed by atoms with Crippen molar-refractivity contribution in [3.63, 3.8) is 0 Å². The Bertz CT molecular complexity index is 572. The molecular formula is C18H30N4O2. The Kier molecular flexibility index (Phi) is 5.13. The molecule has 6 nitrogen and oxygen atoms in total. The van der Waals surface area contributed by atoms with Gasteiger partial charge in [0.2, 0.25) is 0 Å². The molecule has 1 heterocycles. The number of ether oxygens (including phenoxy) is 1. The molecule has 2 aliphatic rings. The highest BCUT2D eigenvalue weighted by Crippen LogP contribution is 2.57. The first-order chi connectivity index (χ1) is 11.6. The van der Waals surface area contributed by atoms with Gasteiger partial charge in [-0.15, -0.1) is 0 Å². The minimum absolute atomic E-state index is 0.343. The Labute approximate surface area is 144 Å². The summed E-state index contributed by atoms with van der Waals surface area (Å²) in [5.74, 6) is 1.79. The lowest BCUT2D eigenvalue weighted by molar-refractivity contribution is -0.168. The zero-order valence-corrected chi connectivity index (χ0v) is 15.3. The summed E-state index contributed by atoms with van der Waals surface area (Å²) in [4.78, 5) is 4.38. The standard InChI is InChI=1S/C18H30N4O2/c1-5-23-16-11-15(18(16)8-6-9-18)21-17(19-4)20-10-7-14-12(2)22-24-13(14)3/h15-16H,5-11H2,1-4H3,(H2,19,20,21). The van der Waals surface area contributed by atoms with E-state index in [1.165, 1.54) is 24.8 Å². The van der Waals surface area contributed by atoms with Gasteiger partial charge in [-0.05, 0) is 46.5 Å². The van der Waals surface area contributed by atoms with Gasteiger partial charge in [0.15, 0.2) is 5.96 Å². The summed E-state index contributed by atoms with van der Waals surface area (Å²) in [6, 6.07) is 0.480. The van der Waals surface area contributed by atoms with Crippen molar-refractivity contribution in [3.8, 4) is 0 Å². The number of hydrogen-bond donors (Lipinski definition) is 2. The lowest BCUT2D eigenvalue weighted by atomic mass is 9.51. The second-order valence-corrected chi connectivity index (χ2v) is 7.02. The van der Waals surface area contributed by atoms with Crippen LogP contribution in [0.25, 0.3) is 0 Å². The first-order valence-corrected chi connectivity index (χ1v) is 9.11. The molecule has 2 fully saturated rings. The van der Waals surface area contributed by atoms with Crippen LogP contribution in [0, 0.1) is 19.3 Å². The average molecular weight is 334 g/mol. The van der Waals surface area contributed by atoms with Crippen LogP contribution in [0.4, 0.5) is 0 Å². The molecule has 2 unspecified atom stereocenters. The smallest absolute Gasteiger partial charge is 0.191 e. The summed E-state index contributed by atoms with van der Waals surface area (Å²) in [5, 5.41) is 11.0. The van der Waals surface area contributed by atoms with Gasteiger partial charge in [-0.2, -0.15) is 0 Å². The van der Waals surface area contributed by atoms with Crippen molar-refractivity contribution in [2.75, 3.05) is 20.2 Å². The maximum Gasteiger partial charge on any atom is 0.191 e. The van der Waals surface area contributed by atoms with E-state index in [2.05, 4.69) is 27.7 Å². The fourth-order valence-electron chi connectivity index (χ4n) is 4.17. The zero-order valence-electron chi connectivity index (χ0n) is 15.3. The highest BCUT2D eigenvalue weighted by atomic mass is 16.5. The van der Waals surface area contributed by atoms with Crippen molar-refractivity contribution in [1.29, 1.82) is 0 Å². The van der Waals surface area contributed by atoms with E-state index in [1.807, 2.05) is 20.9 Å². The van der Waals surface area contributed by atoms with Crippen molar-refractivity contribution in [1.82, 2.24) is 15.8 Å². The quantitative estimate of drug-likeness (QED) is 0.617. The molecule has 6 heteroatoms. The minimum Gasteiger partial charge on any atom is -0.378 e. The third-order valence-corrected chi connectivity index (χ3v) is 5.82. The van der Waals surface area contributed by atoms with E-state index < -0.39 is 0 Å². The van der Waals surface area contributed by atoms with Crippen molar-refractivity contribution < 1.29 is 9.26 Å². The van der Waals surface area contributed by atoms with Crippen LogP contribution in [0.15, 0.2) is 9.52 Å². The third kappa shape index (κ3) is 3.04. The van der Waals surface area contributed by atoms with Crippen molar-refractivity contribution >= 4 is 5.96 Å². The number of nitrogens with one attached hydrogen (secondary N) is 2. The maximum absolute atomic E-state index is 5.92. The SMILES string of the molecule is CCOC1CC(NC(=NC)NCCc2c(C)noc2C)C12CCC2. The van der Waals surface area contributed by atoms with E-state index in [-0.39, 0.29) is 0 Å². The molecule has 134 valence electrons. The lowest BCUT2D eigenvalue weighted by Gasteiger charge is -2.61. The molecule has 2 saturated carbocycles. The molecule has 0 aliphatic heterocycles. The largest absolute Gasteiger partial charge is 0.378 e. The van der Waals surface area contributed by atoms with Crippen molar-refractivity contribution in [3.05, 3.63) is 17.0 Å². The zero-order chi connectivity index (χ0) is 17.2. The molecule has 2 N–H and O–H groups in total. The lowest BCUT2D eigenvalue weighted by Crippen LogP contribution is -2.68. The fourth-order valence-corrected chi connectivity index (χ4v) is 4.17. The van der Waals surface area contributed by atoms with E-state index in [4.69, 9.17) is 9.26 Å². The van der Waals surface area contributed by atoms with Gasteiger partial charge in [0.05, 0.1) is 11.8 Å². The Morgan fingerprint density at radius 1 is 1.42 bits per heavy atom. The molecule has 0 radical (unpaired) electrons. The van der Waals surface area contributed by atoms with Crippen LogP contribution in [0.1, 0.15) is 49.6 Å². The molecule has 0 amide bonds. The van der Waals surface area contributed by atoms with Gasteiger partial charge in [0.1, 0.15) is 5.76 Å². The third-order valence-electron chi connectivity index (χ3n) is 5.82. The normalized spacial score (nSPS) is 25.2. The fraction of sp³-hybridized carbons (Fsp3) is 0.778. The second-order valence-electron chi connectivity index (χ2n) is 7.02. The monoisotopic (exact) mass is 334 g/mol. The predicted molar refractivity (Wildman–Crippen MR) is 94.3 cm³/mol. The number of hydrogen-bond acceptors (Lipinski definition) is 4. The summed E-state index contributed by atoms with van der Waals surface area (Å²) in [5.41, 5.74) is 2.51. The summed E-state index contributed by atoms with van der Waals surface area (Å²) >= 11 is 0. The Morgan fingerprint density at radius 2 is 2.21 bits per heavy atom. The summed E-state index contributed by atoms with van der Waals surface area (Å²) in [6.45, 7) is 7.66. The van der Waals surface area contributed by atoms with E-state index in [0.29, 0.717) is 17.6 Å². The summed E-state index contributed by atoms with van der Waals surface area (Å²) < 4.78 is 11.1. The van der Waals surface area contributed by atoms with E-state index in [1.54, 1.807) is 0 Å². The van der Waals surface area contributed by atoms with Gasteiger partial charge >= 0.3 is 0 Å². The molecule has 0 saturated heterocycles. The van der Waals surface area contributed by atoms with Crippen LogP contribution in [0.5, 0.6) is 0 Å². The molecule has 1 aromatic rings. The average Bonchev–Trinajstić information content (AvgIpc) is 2.82. The van der Waals surface area contributed by atoms with Crippen LogP contribution in [-0.4, -0.2) is 43.5 Å². The van der Waals surface area contributed by atoms with Crippen LogP contribution in [-0.2, 0) is 11.2 Å². The highest BCUT2D eigenvalue weighted by molar-refractivity contribution is 5.80. The molecule has 3 rings (SSSR count). The molecule has 1 spiro atoms. The Morgan fingerprint density at radius 3 is 2.75 bits per heavy atom. The first kappa shape index (κ1) is 17.3. The molecule has 0 bridgehead atoms. The van der Waals surface area contributed by atoms with Gasteiger partial charge in [0.25, 0.3) is 0 Å². The first-order valence-electron chi connectivity index (χ1n) is 9.11. The molecule has 1 aromatic heterocycles. The van der Waals surface area contributed by atoms with Crippen LogP contribution < -0.4 is 10.6 Å². The van der Waals surface area contributed by atoms with Crippen molar-refractivity contribution in [2.24, 2.45) is 10.4 Å². The van der Waals surface area contributed by atoms with Crippen molar-refractivity contribution in [2.45, 2.75) is 65.0 Å². The predicted octanol–water partition coefficient (Wildman–Crippen LogP) is 2.35. The second kappa shape index (κ2) is 7.13. The van der Waals surface area contributed by atoms with Crippen LogP contribution >= 0.6 is 0 Å². The van der Waals surface area contributed by atoms with E-state index in [0.717, 1.165) is 43.4 Å².